The van der Waals surface area contributed by atoms with E-state index in [0.717, 1.165) is 5.57 Å². The Balaban J connectivity index is 4.44. The van der Waals surface area contributed by atoms with Crippen LogP contribution in [0.4, 0.5) is 0 Å². The lowest BCUT2D eigenvalue weighted by atomic mass is 10.3. The molecule has 0 aromatic heterocycles. The second kappa shape index (κ2) is 5.04. The molecule has 0 aliphatic heterocycles. The lowest BCUT2D eigenvalue weighted by Crippen LogP contribution is -2.02. The van der Waals surface area contributed by atoms with Gasteiger partial charge >= 0.3 is 0 Å². The van der Waals surface area contributed by atoms with Gasteiger partial charge in [0.05, 0.1) is 11.1 Å². The molecule has 0 amide bonds. The molecule has 12 heavy (non-hydrogen) atoms. The van der Waals surface area contributed by atoms with Crippen LogP contribution in [-0.2, 0) is 4.74 Å². The van der Waals surface area contributed by atoms with Gasteiger partial charge in [0.1, 0.15) is 5.76 Å². The van der Waals surface area contributed by atoms with Crippen LogP contribution in [0.15, 0.2) is 35.6 Å². The lowest BCUT2D eigenvalue weighted by molar-refractivity contribution is 0.156. The summed E-state index contributed by atoms with van der Waals surface area (Å²) in [5.74, 6) is 0.596. The van der Waals surface area contributed by atoms with Crippen LogP contribution in [0.1, 0.15) is 20.8 Å². The van der Waals surface area contributed by atoms with E-state index in [0.29, 0.717) is 10.8 Å². The van der Waals surface area contributed by atoms with Crippen molar-refractivity contribution < 1.29 is 4.74 Å². The third kappa shape index (κ3) is 5.03. The number of halogens is 1. The second-order valence-corrected chi connectivity index (χ2v) is 3.38. The summed E-state index contributed by atoms with van der Waals surface area (Å²) in [4.78, 5) is 0. The summed E-state index contributed by atoms with van der Waals surface area (Å²) in [6, 6.07) is 0. The van der Waals surface area contributed by atoms with Gasteiger partial charge in [-0.3, -0.25) is 0 Å². The van der Waals surface area contributed by atoms with Gasteiger partial charge in [-0.1, -0.05) is 30.3 Å². The molecule has 0 aliphatic carbocycles. The van der Waals surface area contributed by atoms with Crippen LogP contribution >= 0.6 is 11.6 Å². The molecule has 0 aliphatic rings. The Bertz CT molecular complexity index is 214. The number of rotatable bonds is 4. The summed E-state index contributed by atoms with van der Waals surface area (Å²) >= 11 is 5.70. The second-order valence-electron chi connectivity index (χ2n) is 2.93. The van der Waals surface area contributed by atoms with Gasteiger partial charge in [0, 0.05) is 0 Å². The molecule has 2 heteroatoms. The van der Waals surface area contributed by atoms with Crippen LogP contribution in [0.3, 0.4) is 0 Å². The first-order valence-electron chi connectivity index (χ1n) is 3.82. The highest BCUT2D eigenvalue weighted by Gasteiger charge is 2.03. The highest BCUT2D eigenvalue weighted by atomic mass is 35.5. The van der Waals surface area contributed by atoms with E-state index < -0.39 is 0 Å². The Morgan fingerprint density at radius 1 is 1.42 bits per heavy atom. The molecule has 0 aromatic rings. The first kappa shape index (κ1) is 11.3. The van der Waals surface area contributed by atoms with E-state index in [9.17, 15) is 0 Å². The highest BCUT2D eigenvalue weighted by molar-refractivity contribution is 6.31. The molecule has 0 aromatic carbocycles. The van der Waals surface area contributed by atoms with Gasteiger partial charge in [-0.05, 0) is 26.8 Å². The number of hydrogen-bond acceptors (Lipinski definition) is 1. The SMILES string of the molecule is C=C(C)/C=C(/OC(C)C)C(=C)Cl. The smallest absolute Gasteiger partial charge is 0.137 e. The minimum Gasteiger partial charge on any atom is -0.489 e. The molecule has 0 heterocycles. The van der Waals surface area contributed by atoms with E-state index in [4.69, 9.17) is 16.3 Å². The molecule has 0 rings (SSSR count). The van der Waals surface area contributed by atoms with E-state index in [-0.39, 0.29) is 6.10 Å². The van der Waals surface area contributed by atoms with Crippen molar-refractivity contribution in [3.8, 4) is 0 Å². The number of allylic oxidation sites excluding steroid dienone is 3. The van der Waals surface area contributed by atoms with Gasteiger partial charge in [-0.15, -0.1) is 0 Å². The fraction of sp³-hybridized carbons (Fsp3) is 0.400. The van der Waals surface area contributed by atoms with Gasteiger partial charge in [0.25, 0.3) is 0 Å². The molecular weight excluding hydrogens is 172 g/mol. The minimum atomic E-state index is 0.103. The molecular formula is C10H15ClO. The largest absolute Gasteiger partial charge is 0.489 e. The molecule has 68 valence electrons. The Morgan fingerprint density at radius 2 is 1.92 bits per heavy atom. The van der Waals surface area contributed by atoms with Crippen molar-refractivity contribution in [1.82, 2.24) is 0 Å². The number of ether oxygens (including phenoxy) is 1. The Morgan fingerprint density at radius 3 is 2.17 bits per heavy atom. The zero-order valence-corrected chi connectivity index (χ0v) is 8.61. The minimum absolute atomic E-state index is 0.103. The third-order valence-electron chi connectivity index (χ3n) is 1.01. The van der Waals surface area contributed by atoms with Gasteiger partial charge in [-0.2, -0.15) is 0 Å². The van der Waals surface area contributed by atoms with Crippen molar-refractivity contribution >= 4 is 11.6 Å². The van der Waals surface area contributed by atoms with Crippen LogP contribution in [0.25, 0.3) is 0 Å². The zero-order chi connectivity index (χ0) is 9.72. The summed E-state index contributed by atoms with van der Waals surface area (Å²) in [6.45, 7) is 13.1. The molecule has 0 atom stereocenters. The van der Waals surface area contributed by atoms with Crippen molar-refractivity contribution in [2.75, 3.05) is 0 Å². The summed E-state index contributed by atoms with van der Waals surface area (Å²) in [6.07, 6.45) is 1.88. The molecule has 0 saturated carbocycles. The van der Waals surface area contributed by atoms with Crippen LogP contribution in [0, 0.1) is 0 Å². The normalized spacial score (nSPS) is 11.6. The molecule has 0 radical (unpaired) electrons. The Kier molecular flexibility index (Phi) is 4.75. The van der Waals surface area contributed by atoms with Crippen LogP contribution in [-0.4, -0.2) is 6.10 Å². The van der Waals surface area contributed by atoms with Crippen molar-refractivity contribution in [2.24, 2.45) is 0 Å². The van der Waals surface area contributed by atoms with E-state index in [1.165, 1.54) is 0 Å². The predicted molar refractivity (Wildman–Crippen MR) is 54.1 cm³/mol. The van der Waals surface area contributed by atoms with Crippen LogP contribution < -0.4 is 0 Å². The first-order valence-corrected chi connectivity index (χ1v) is 4.20. The molecule has 0 fully saturated rings. The van der Waals surface area contributed by atoms with Crippen LogP contribution in [0.5, 0.6) is 0 Å². The summed E-state index contributed by atoms with van der Waals surface area (Å²) in [5.41, 5.74) is 0.896. The third-order valence-corrected chi connectivity index (χ3v) is 1.19. The fourth-order valence-corrected chi connectivity index (χ4v) is 0.753. The lowest BCUT2D eigenvalue weighted by Gasteiger charge is -2.12. The van der Waals surface area contributed by atoms with Crippen molar-refractivity contribution in [2.45, 2.75) is 26.9 Å². The molecule has 0 unspecified atom stereocenters. The molecule has 1 nitrogen and oxygen atoms in total. The first-order chi connectivity index (χ1) is 5.43. The van der Waals surface area contributed by atoms with E-state index in [2.05, 4.69) is 13.2 Å². The molecule has 0 spiro atoms. The van der Waals surface area contributed by atoms with Gasteiger partial charge in [0.2, 0.25) is 0 Å². The standard InChI is InChI=1S/C10H15ClO/c1-7(2)6-10(9(5)11)12-8(3)4/h6,8H,1,5H2,2-4H3/b10-6+. The van der Waals surface area contributed by atoms with Crippen molar-refractivity contribution in [3.63, 3.8) is 0 Å². The maximum absolute atomic E-state index is 5.70. The molecule has 0 saturated heterocycles. The number of hydrogen-bond donors (Lipinski definition) is 0. The van der Waals surface area contributed by atoms with Crippen molar-refractivity contribution in [3.05, 3.63) is 35.6 Å². The van der Waals surface area contributed by atoms with E-state index in [1.54, 1.807) is 6.08 Å². The molecule has 0 N–H and O–H groups in total. The van der Waals surface area contributed by atoms with Crippen LogP contribution in [0.2, 0.25) is 0 Å². The monoisotopic (exact) mass is 186 g/mol. The van der Waals surface area contributed by atoms with Gasteiger partial charge in [-0.25, -0.2) is 0 Å². The van der Waals surface area contributed by atoms with Gasteiger partial charge < -0.3 is 4.74 Å². The van der Waals surface area contributed by atoms with E-state index in [1.807, 2.05) is 20.8 Å². The predicted octanol–water partition coefficient (Wildman–Crippen LogP) is 3.62. The Hall–Kier alpha value is -0.690. The Labute approximate surface area is 79.4 Å². The summed E-state index contributed by atoms with van der Waals surface area (Å²) < 4.78 is 5.39. The average molecular weight is 187 g/mol. The van der Waals surface area contributed by atoms with E-state index >= 15 is 0 Å². The average Bonchev–Trinajstić information content (AvgIpc) is 1.83. The zero-order valence-electron chi connectivity index (χ0n) is 7.86. The molecule has 0 bridgehead atoms. The van der Waals surface area contributed by atoms with Gasteiger partial charge in [0.15, 0.2) is 0 Å². The highest BCUT2D eigenvalue weighted by Crippen LogP contribution is 2.17. The maximum atomic E-state index is 5.70. The quantitative estimate of drug-likeness (QED) is 0.481. The topological polar surface area (TPSA) is 9.23 Å². The summed E-state index contributed by atoms with van der Waals surface area (Å²) in [7, 11) is 0. The maximum Gasteiger partial charge on any atom is 0.137 e. The van der Waals surface area contributed by atoms with Crippen molar-refractivity contribution in [1.29, 1.82) is 0 Å². The summed E-state index contributed by atoms with van der Waals surface area (Å²) in [5, 5.41) is 0.409. The fourth-order valence-electron chi connectivity index (χ4n) is 0.654.